The first-order valence-electron chi connectivity index (χ1n) is 14.5. The number of hydrogen-bond donors (Lipinski definition) is 1. The van der Waals surface area contributed by atoms with Crippen molar-refractivity contribution in [3.8, 4) is 34.4 Å². The maximum atomic E-state index is 9.17. The molecule has 0 saturated carbocycles. The molecule has 2 bridgehead atoms. The molecule has 0 amide bonds. The molecule has 6 aromatic rings. The summed E-state index contributed by atoms with van der Waals surface area (Å²) in [6, 6.07) is 29.3. The molecule has 0 spiro atoms. The Hall–Kier alpha value is -5.73. The molecule has 6 heterocycles. The van der Waals surface area contributed by atoms with E-state index in [0.717, 1.165) is 59.7 Å². The third-order valence-corrected chi connectivity index (χ3v) is 8.50. The van der Waals surface area contributed by atoms with Crippen molar-refractivity contribution in [3.63, 3.8) is 0 Å². The molecule has 2 fully saturated rings. The highest BCUT2D eigenvalue weighted by atomic mass is 15.4. The Morgan fingerprint density at radius 2 is 1.70 bits per heavy atom. The van der Waals surface area contributed by atoms with E-state index in [4.69, 9.17) is 15.7 Å². The summed E-state index contributed by atoms with van der Waals surface area (Å²) in [5.74, 6) is 1.87. The molecule has 8 rings (SSSR count). The van der Waals surface area contributed by atoms with Crippen molar-refractivity contribution < 1.29 is 0 Å². The van der Waals surface area contributed by atoms with E-state index < -0.39 is 0 Å². The molecule has 0 aliphatic carbocycles. The third-order valence-electron chi connectivity index (χ3n) is 8.50. The average molecular weight is 578 g/mol. The summed E-state index contributed by atoms with van der Waals surface area (Å²) in [5, 5.41) is 9.17. The number of imidazole rings is 1. The Bertz CT molecular complexity index is 2030. The Labute approximate surface area is 253 Å². The van der Waals surface area contributed by atoms with Gasteiger partial charge in [0.2, 0.25) is 11.8 Å². The number of aromatic nitrogens is 7. The Balaban J connectivity index is 1.09. The molecule has 2 aliphatic heterocycles. The maximum absolute atomic E-state index is 9.17. The fourth-order valence-corrected chi connectivity index (χ4v) is 6.41. The first kappa shape index (κ1) is 25.9. The number of nitrogens with two attached hydrogens (primary N) is 1. The molecule has 4 aromatic heterocycles. The Kier molecular flexibility index (Phi) is 6.20. The first-order valence-corrected chi connectivity index (χ1v) is 14.5. The van der Waals surface area contributed by atoms with Gasteiger partial charge in [-0.2, -0.15) is 10.2 Å². The van der Waals surface area contributed by atoms with Crippen molar-refractivity contribution in [3.05, 3.63) is 103 Å². The summed E-state index contributed by atoms with van der Waals surface area (Å²) in [6.45, 7) is 2.60. The minimum absolute atomic E-state index is 0.154. The smallest absolute Gasteiger partial charge is 0.236 e. The number of pyridine rings is 2. The summed E-state index contributed by atoms with van der Waals surface area (Å²) < 4.78 is 2.07. The van der Waals surface area contributed by atoms with Crippen molar-refractivity contribution in [2.45, 2.75) is 25.0 Å². The van der Waals surface area contributed by atoms with Crippen LogP contribution in [0, 0.1) is 11.3 Å². The van der Waals surface area contributed by atoms with Crippen molar-refractivity contribution in [2.24, 2.45) is 0 Å². The van der Waals surface area contributed by atoms with Gasteiger partial charge in [0, 0.05) is 49.2 Å². The van der Waals surface area contributed by atoms with Crippen LogP contribution >= 0.6 is 0 Å². The SMILES string of the molecule is N#Cc1ncnc(N2C[C@H]3C[C@@H]2CN3Cc2ccc(-n3c(-c4cccnc4N)nc4ccc(-c5ccccc5)nc43)cc2)n1. The van der Waals surface area contributed by atoms with E-state index in [0.29, 0.717) is 29.7 Å². The summed E-state index contributed by atoms with van der Waals surface area (Å²) >= 11 is 0. The molecule has 214 valence electrons. The van der Waals surface area contributed by atoms with Gasteiger partial charge in [-0.3, -0.25) is 9.47 Å². The lowest BCUT2D eigenvalue weighted by molar-refractivity contribution is 0.229. The van der Waals surface area contributed by atoms with Crippen molar-refractivity contribution >= 4 is 22.9 Å². The fourth-order valence-electron chi connectivity index (χ4n) is 6.41. The van der Waals surface area contributed by atoms with Gasteiger partial charge in [-0.15, -0.1) is 0 Å². The lowest BCUT2D eigenvalue weighted by atomic mass is 10.1. The number of nitriles is 1. The highest BCUT2D eigenvalue weighted by Crippen LogP contribution is 2.35. The topological polar surface area (TPSA) is 139 Å². The lowest BCUT2D eigenvalue weighted by Crippen LogP contribution is -2.46. The molecule has 2 N–H and O–H groups in total. The van der Waals surface area contributed by atoms with E-state index in [1.54, 1.807) is 6.20 Å². The quantitative estimate of drug-likeness (QED) is 0.306. The van der Waals surface area contributed by atoms with Crippen LogP contribution in [-0.4, -0.2) is 64.5 Å². The molecule has 44 heavy (non-hydrogen) atoms. The second-order valence-corrected chi connectivity index (χ2v) is 11.1. The minimum Gasteiger partial charge on any atom is -0.383 e. The molecular weight excluding hydrogens is 550 g/mol. The van der Waals surface area contributed by atoms with Crippen LogP contribution < -0.4 is 10.6 Å². The number of piperazine rings is 1. The van der Waals surface area contributed by atoms with Gasteiger partial charge < -0.3 is 10.6 Å². The molecule has 2 aliphatic rings. The molecular formula is C33H27N11. The van der Waals surface area contributed by atoms with Crippen LogP contribution in [0.4, 0.5) is 11.8 Å². The van der Waals surface area contributed by atoms with Crippen molar-refractivity contribution in [1.82, 2.24) is 39.4 Å². The second-order valence-electron chi connectivity index (χ2n) is 11.1. The third kappa shape index (κ3) is 4.49. The number of anilines is 2. The van der Waals surface area contributed by atoms with Gasteiger partial charge >= 0.3 is 0 Å². The van der Waals surface area contributed by atoms with Gasteiger partial charge in [0.25, 0.3) is 0 Å². The van der Waals surface area contributed by atoms with E-state index in [2.05, 4.69) is 70.7 Å². The molecule has 2 aromatic carbocycles. The Morgan fingerprint density at radius 1 is 0.841 bits per heavy atom. The van der Waals surface area contributed by atoms with Gasteiger partial charge in [-0.25, -0.2) is 24.9 Å². The summed E-state index contributed by atoms with van der Waals surface area (Å²) in [5.41, 5.74) is 12.7. The van der Waals surface area contributed by atoms with E-state index in [1.807, 2.05) is 48.5 Å². The molecule has 0 radical (unpaired) electrons. The number of rotatable bonds is 6. The summed E-state index contributed by atoms with van der Waals surface area (Å²) in [6.07, 6.45) is 4.16. The van der Waals surface area contributed by atoms with Crippen molar-refractivity contribution in [2.75, 3.05) is 23.7 Å². The molecule has 2 saturated heterocycles. The van der Waals surface area contributed by atoms with Gasteiger partial charge in [0.05, 0.1) is 11.3 Å². The number of fused-ring (bicyclic) bond motifs is 3. The highest BCUT2D eigenvalue weighted by molar-refractivity contribution is 5.84. The second kappa shape index (κ2) is 10.5. The minimum atomic E-state index is 0.154. The van der Waals surface area contributed by atoms with Crippen LogP contribution in [0.3, 0.4) is 0 Å². The molecule has 0 unspecified atom stereocenters. The zero-order valence-electron chi connectivity index (χ0n) is 23.7. The molecule has 11 nitrogen and oxygen atoms in total. The number of nitrogens with zero attached hydrogens (tertiary/aromatic N) is 10. The van der Waals surface area contributed by atoms with Crippen LogP contribution in [0.5, 0.6) is 0 Å². The van der Waals surface area contributed by atoms with Crippen LogP contribution in [-0.2, 0) is 6.54 Å². The summed E-state index contributed by atoms with van der Waals surface area (Å²) in [4.78, 5) is 31.6. The standard InChI is InChI=1S/C33H27N11/c34-16-29-37-20-38-33(41-29)43-19-24-15-25(43)18-42(24)17-21-8-10-23(11-9-21)44-31(26-7-4-14-36-30(26)35)40-28-13-12-27(39-32(28)44)22-5-2-1-3-6-22/h1-14,20,24-25H,15,17-19H2,(H2,35,36)/t24-,25-/m1/s1. The monoisotopic (exact) mass is 577 g/mol. The lowest BCUT2D eigenvalue weighted by Gasteiger charge is -2.34. The van der Waals surface area contributed by atoms with Crippen LogP contribution in [0.1, 0.15) is 17.8 Å². The van der Waals surface area contributed by atoms with Crippen LogP contribution in [0.2, 0.25) is 0 Å². The summed E-state index contributed by atoms with van der Waals surface area (Å²) in [7, 11) is 0. The van der Waals surface area contributed by atoms with Crippen LogP contribution in [0.15, 0.2) is 91.4 Å². The average Bonchev–Trinajstić information content (AvgIpc) is 3.78. The van der Waals surface area contributed by atoms with Gasteiger partial charge in [0.1, 0.15) is 23.7 Å². The number of nitrogen functional groups attached to an aromatic ring is 1. The zero-order valence-corrected chi connectivity index (χ0v) is 23.7. The Morgan fingerprint density at radius 3 is 2.48 bits per heavy atom. The maximum Gasteiger partial charge on any atom is 0.236 e. The number of likely N-dealkylation sites (tertiary alicyclic amines) is 1. The normalized spacial score (nSPS) is 17.8. The van der Waals surface area contributed by atoms with Gasteiger partial charge in [0.15, 0.2) is 11.5 Å². The predicted octanol–water partition coefficient (Wildman–Crippen LogP) is 4.25. The van der Waals surface area contributed by atoms with E-state index >= 15 is 0 Å². The first-order chi connectivity index (χ1) is 21.6. The molecule has 2 atom stereocenters. The zero-order chi connectivity index (χ0) is 29.6. The fraction of sp³-hybridized carbons (Fsp3) is 0.182. The number of hydrogen-bond acceptors (Lipinski definition) is 10. The van der Waals surface area contributed by atoms with Gasteiger partial charge in [-0.1, -0.05) is 42.5 Å². The van der Waals surface area contributed by atoms with Crippen molar-refractivity contribution in [1.29, 1.82) is 5.26 Å². The molecule has 11 heteroatoms. The predicted molar refractivity (Wildman–Crippen MR) is 166 cm³/mol. The van der Waals surface area contributed by atoms with Crippen LogP contribution in [0.25, 0.3) is 39.5 Å². The van der Waals surface area contributed by atoms with Gasteiger partial charge in [-0.05, 0) is 48.4 Å². The number of benzene rings is 2. The van der Waals surface area contributed by atoms with E-state index in [9.17, 15) is 5.26 Å². The van der Waals surface area contributed by atoms with E-state index in [-0.39, 0.29) is 5.82 Å². The van der Waals surface area contributed by atoms with E-state index in [1.165, 1.54) is 11.9 Å². The largest absolute Gasteiger partial charge is 0.383 e. The highest BCUT2D eigenvalue weighted by Gasteiger charge is 2.44.